The number of rotatable bonds is 41. The minimum atomic E-state index is -0.498. The van der Waals surface area contributed by atoms with Crippen LogP contribution in [0, 0.1) is 0 Å². The molecule has 0 aliphatic carbocycles. The maximum Gasteiger partial charge on any atom is 0.306 e. The molecule has 53 heavy (non-hydrogen) atoms. The van der Waals surface area contributed by atoms with Crippen LogP contribution in [0.15, 0.2) is 24.3 Å². The van der Waals surface area contributed by atoms with Gasteiger partial charge < -0.3 is 23.4 Å². The highest BCUT2D eigenvalue weighted by atomic mass is 16.6. The lowest BCUT2D eigenvalue weighted by molar-refractivity contribution is -0.912. The van der Waals surface area contributed by atoms with Gasteiger partial charge in [0.2, 0.25) is 0 Å². The predicted molar refractivity (Wildman–Crippen MR) is 224 cm³/mol. The fraction of sp³-hybridized carbons (Fsp3) is 0.870. The van der Waals surface area contributed by atoms with Crippen molar-refractivity contribution in [3.8, 4) is 0 Å². The molecule has 0 aliphatic rings. The molecule has 0 N–H and O–H groups in total. The van der Waals surface area contributed by atoms with E-state index in [1.807, 2.05) is 0 Å². The zero-order chi connectivity index (χ0) is 38.9. The molecule has 0 heterocycles. The first kappa shape index (κ1) is 51.3. The van der Waals surface area contributed by atoms with E-state index in [0.29, 0.717) is 37.1 Å². The third-order valence-electron chi connectivity index (χ3n) is 10.3. The van der Waals surface area contributed by atoms with Crippen LogP contribution in [-0.2, 0) is 28.5 Å². The SMILES string of the molecule is CCCCCCCC/C=C\CCCCCCCC(=O)OCC(C[N+](C)(CCOC)CCOC)OC(=O)CCCCCCC/C=C\CCCCCCCC. The van der Waals surface area contributed by atoms with Crippen molar-refractivity contribution in [3.05, 3.63) is 24.3 Å². The summed E-state index contributed by atoms with van der Waals surface area (Å²) in [4.78, 5) is 25.6. The fourth-order valence-electron chi connectivity index (χ4n) is 6.72. The van der Waals surface area contributed by atoms with Crippen molar-refractivity contribution in [2.75, 3.05) is 60.7 Å². The minimum absolute atomic E-state index is 0.0931. The van der Waals surface area contributed by atoms with E-state index in [1.165, 1.54) is 116 Å². The Hall–Kier alpha value is -1.70. The Balaban J connectivity index is 4.42. The number of methoxy groups -OCH3 is 2. The first-order valence-corrected chi connectivity index (χ1v) is 22.4. The van der Waals surface area contributed by atoms with Crippen LogP contribution in [0.25, 0.3) is 0 Å². The Morgan fingerprint density at radius 3 is 1.26 bits per heavy atom. The van der Waals surface area contributed by atoms with Crippen LogP contribution in [0.5, 0.6) is 0 Å². The van der Waals surface area contributed by atoms with Crippen LogP contribution < -0.4 is 0 Å². The van der Waals surface area contributed by atoms with Gasteiger partial charge in [0.15, 0.2) is 6.10 Å². The van der Waals surface area contributed by atoms with E-state index in [2.05, 4.69) is 45.2 Å². The maximum atomic E-state index is 12.9. The monoisotopic (exact) mass is 751 g/mol. The molecule has 0 aromatic rings. The van der Waals surface area contributed by atoms with Gasteiger partial charge in [0.1, 0.15) is 26.2 Å². The Labute approximate surface area is 329 Å². The standard InChI is InChI=1S/C46H88NO6/c1-6-8-10-12-14-16-18-20-22-24-26-28-30-32-34-36-45(48)52-43-44(42-47(3,38-40-50-4)39-41-51-5)53-46(49)37-35-33-31-29-27-25-23-21-19-17-15-13-11-9-7-2/h20-23,44H,6-19,24-43H2,1-5H3/q+1/b22-20-,23-21-. The summed E-state index contributed by atoms with van der Waals surface area (Å²) in [7, 11) is 5.52. The molecule has 0 bridgehead atoms. The molecule has 0 rings (SSSR count). The molecule has 7 nitrogen and oxygen atoms in total. The third kappa shape index (κ3) is 37.0. The number of allylic oxidation sites excluding steroid dienone is 4. The van der Waals surface area contributed by atoms with Crippen molar-refractivity contribution < 1.29 is 33.0 Å². The zero-order valence-electron chi connectivity index (χ0n) is 35.8. The van der Waals surface area contributed by atoms with Gasteiger partial charge in [0, 0.05) is 27.1 Å². The molecule has 0 aromatic carbocycles. The molecule has 0 spiro atoms. The highest BCUT2D eigenvalue weighted by Gasteiger charge is 2.30. The smallest absolute Gasteiger partial charge is 0.306 e. The van der Waals surface area contributed by atoms with Crippen LogP contribution in [0.4, 0.5) is 0 Å². The Kier molecular flexibility index (Phi) is 38.7. The number of hydrogen-bond donors (Lipinski definition) is 0. The largest absolute Gasteiger partial charge is 0.461 e. The van der Waals surface area contributed by atoms with Gasteiger partial charge >= 0.3 is 11.9 Å². The lowest BCUT2D eigenvalue weighted by atomic mass is 10.1. The number of quaternary nitrogens is 1. The van der Waals surface area contributed by atoms with Crippen LogP contribution in [-0.4, -0.2) is 83.2 Å². The van der Waals surface area contributed by atoms with Crippen LogP contribution >= 0.6 is 0 Å². The lowest BCUT2D eigenvalue weighted by Gasteiger charge is -2.36. The van der Waals surface area contributed by atoms with Gasteiger partial charge in [0.05, 0.1) is 20.3 Å². The molecule has 0 aliphatic heterocycles. The summed E-state index contributed by atoms with van der Waals surface area (Å²) in [6.45, 7) is 7.86. The summed E-state index contributed by atoms with van der Waals surface area (Å²) in [5.41, 5.74) is 0. The number of carbonyl (C=O) groups is 2. The fourth-order valence-corrected chi connectivity index (χ4v) is 6.72. The molecule has 7 heteroatoms. The molecule has 0 fully saturated rings. The molecule has 0 saturated heterocycles. The first-order valence-electron chi connectivity index (χ1n) is 22.4. The Bertz CT molecular complexity index is 851. The highest BCUT2D eigenvalue weighted by Crippen LogP contribution is 2.15. The molecule has 1 unspecified atom stereocenters. The lowest BCUT2D eigenvalue weighted by Crippen LogP contribution is -2.54. The molecule has 0 aromatic heterocycles. The quantitative estimate of drug-likeness (QED) is 0.0268. The van der Waals surface area contributed by atoms with Crippen LogP contribution in [0.2, 0.25) is 0 Å². The summed E-state index contributed by atoms with van der Waals surface area (Å²) in [6.07, 6.45) is 41.5. The van der Waals surface area contributed by atoms with Gasteiger partial charge in [-0.25, -0.2) is 0 Å². The van der Waals surface area contributed by atoms with E-state index in [4.69, 9.17) is 18.9 Å². The van der Waals surface area contributed by atoms with Gasteiger partial charge in [-0.15, -0.1) is 0 Å². The normalized spacial score (nSPS) is 12.6. The van der Waals surface area contributed by atoms with Crippen molar-refractivity contribution in [1.82, 2.24) is 0 Å². The molecular weight excluding hydrogens is 663 g/mol. The second-order valence-corrected chi connectivity index (χ2v) is 15.7. The van der Waals surface area contributed by atoms with E-state index in [1.54, 1.807) is 14.2 Å². The minimum Gasteiger partial charge on any atom is -0.461 e. The average Bonchev–Trinajstić information content (AvgIpc) is 3.15. The number of esters is 2. The van der Waals surface area contributed by atoms with E-state index in [9.17, 15) is 9.59 Å². The first-order chi connectivity index (χ1) is 25.9. The van der Waals surface area contributed by atoms with Gasteiger partial charge in [-0.1, -0.05) is 141 Å². The van der Waals surface area contributed by atoms with E-state index >= 15 is 0 Å². The summed E-state index contributed by atoms with van der Waals surface area (Å²) in [6, 6.07) is 0. The van der Waals surface area contributed by atoms with Gasteiger partial charge in [-0.2, -0.15) is 0 Å². The number of nitrogens with zero attached hydrogens (tertiary/aromatic N) is 1. The van der Waals surface area contributed by atoms with Gasteiger partial charge in [0.25, 0.3) is 0 Å². The van der Waals surface area contributed by atoms with Crippen LogP contribution in [0.3, 0.4) is 0 Å². The second kappa shape index (κ2) is 40.0. The molecule has 0 radical (unpaired) electrons. The van der Waals surface area contributed by atoms with Crippen LogP contribution in [0.1, 0.15) is 194 Å². The summed E-state index contributed by atoms with van der Waals surface area (Å²) < 4.78 is 23.1. The molecule has 0 saturated carbocycles. The summed E-state index contributed by atoms with van der Waals surface area (Å²) >= 11 is 0. The molecular formula is C46H88NO6+. The van der Waals surface area contributed by atoms with E-state index in [-0.39, 0.29) is 18.5 Å². The number of likely N-dealkylation sites (N-methyl/N-ethyl adjacent to an activating group) is 1. The van der Waals surface area contributed by atoms with Gasteiger partial charge in [-0.05, 0) is 64.2 Å². The predicted octanol–water partition coefficient (Wildman–Crippen LogP) is 12.3. The Morgan fingerprint density at radius 2 is 0.868 bits per heavy atom. The van der Waals surface area contributed by atoms with Crippen molar-refractivity contribution >= 4 is 11.9 Å². The van der Waals surface area contributed by atoms with E-state index < -0.39 is 6.10 Å². The third-order valence-corrected chi connectivity index (χ3v) is 10.3. The van der Waals surface area contributed by atoms with Crippen molar-refractivity contribution in [3.63, 3.8) is 0 Å². The topological polar surface area (TPSA) is 71.1 Å². The maximum absolute atomic E-state index is 12.9. The van der Waals surface area contributed by atoms with E-state index in [0.717, 1.165) is 64.5 Å². The highest BCUT2D eigenvalue weighted by molar-refractivity contribution is 5.70. The zero-order valence-corrected chi connectivity index (χ0v) is 35.8. The van der Waals surface area contributed by atoms with Crippen molar-refractivity contribution in [2.45, 2.75) is 200 Å². The van der Waals surface area contributed by atoms with Crippen molar-refractivity contribution in [1.29, 1.82) is 0 Å². The van der Waals surface area contributed by atoms with Crippen molar-refractivity contribution in [2.24, 2.45) is 0 Å². The number of carbonyl (C=O) groups excluding carboxylic acids is 2. The Morgan fingerprint density at radius 1 is 0.509 bits per heavy atom. The molecule has 1 atom stereocenters. The number of hydrogen-bond acceptors (Lipinski definition) is 6. The summed E-state index contributed by atoms with van der Waals surface area (Å²) in [5.74, 6) is -0.408. The molecule has 0 amide bonds. The second-order valence-electron chi connectivity index (χ2n) is 15.7. The summed E-state index contributed by atoms with van der Waals surface area (Å²) in [5, 5.41) is 0. The molecule has 312 valence electrons. The van der Waals surface area contributed by atoms with Gasteiger partial charge in [-0.3, -0.25) is 9.59 Å². The number of unbranched alkanes of at least 4 members (excludes halogenated alkanes) is 22. The number of ether oxygens (including phenoxy) is 4. The average molecular weight is 751 g/mol.